The van der Waals surface area contributed by atoms with Crippen molar-refractivity contribution in [2.75, 3.05) is 13.6 Å². The summed E-state index contributed by atoms with van der Waals surface area (Å²) in [7, 11) is 2.34. The zero-order valence-electron chi connectivity index (χ0n) is 12.6. The van der Waals surface area contributed by atoms with Crippen LogP contribution < -0.4 is 5.32 Å². The van der Waals surface area contributed by atoms with E-state index in [1.807, 2.05) is 0 Å². The molecule has 0 spiro atoms. The van der Waals surface area contributed by atoms with Crippen LogP contribution in [0.2, 0.25) is 0 Å². The van der Waals surface area contributed by atoms with Gasteiger partial charge in [-0.2, -0.15) is 0 Å². The molecule has 0 unspecified atom stereocenters. The Morgan fingerprint density at radius 1 is 1.06 bits per heavy atom. The number of fused-ring (bicyclic) bond motifs is 2. The smallest absolute Gasteiger partial charge is 0.00988 e. The predicted molar refractivity (Wildman–Crippen MR) is 78.9 cm³/mol. The van der Waals surface area contributed by atoms with Crippen molar-refractivity contribution in [2.24, 2.45) is 5.92 Å². The van der Waals surface area contributed by atoms with Crippen molar-refractivity contribution in [2.45, 2.75) is 83.3 Å². The molecule has 0 radical (unpaired) electrons. The summed E-state index contributed by atoms with van der Waals surface area (Å²) in [6.07, 6.45) is 11.1. The molecule has 2 saturated heterocycles. The van der Waals surface area contributed by atoms with Gasteiger partial charge in [0.1, 0.15) is 0 Å². The minimum Gasteiger partial charge on any atom is -0.314 e. The Morgan fingerprint density at radius 3 is 2.11 bits per heavy atom. The molecule has 2 heterocycles. The summed E-state index contributed by atoms with van der Waals surface area (Å²) in [5, 5.41) is 3.86. The molecule has 2 nitrogen and oxygen atoms in total. The Bertz CT molecular complexity index is 221. The molecule has 2 aliphatic rings. The van der Waals surface area contributed by atoms with Gasteiger partial charge in [-0.15, -0.1) is 0 Å². The highest BCUT2D eigenvalue weighted by molar-refractivity contribution is 4.94. The van der Waals surface area contributed by atoms with Crippen molar-refractivity contribution >= 4 is 0 Å². The van der Waals surface area contributed by atoms with Crippen LogP contribution in [0, 0.1) is 5.92 Å². The standard InChI is InChI=1S/C16H32N2/c1-4-6-14(7-5-2)17-12-13-10-15-8-9-16(11-13)18(15)3/h13-17H,4-12H2,1-3H3/t15-,16-/m1/s1. The van der Waals surface area contributed by atoms with Crippen molar-refractivity contribution in [1.82, 2.24) is 10.2 Å². The first kappa shape index (κ1) is 14.3. The van der Waals surface area contributed by atoms with Gasteiger partial charge in [-0.1, -0.05) is 26.7 Å². The molecule has 0 aromatic heterocycles. The van der Waals surface area contributed by atoms with Gasteiger partial charge in [-0.25, -0.2) is 0 Å². The first-order chi connectivity index (χ1) is 8.74. The molecule has 106 valence electrons. The fraction of sp³-hybridized carbons (Fsp3) is 1.00. The van der Waals surface area contributed by atoms with Gasteiger partial charge >= 0.3 is 0 Å². The molecule has 2 atom stereocenters. The normalized spacial score (nSPS) is 32.3. The quantitative estimate of drug-likeness (QED) is 0.747. The fourth-order valence-electron chi connectivity index (χ4n) is 4.07. The van der Waals surface area contributed by atoms with Gasteiger partial charge in [0.2, 0.25) is 0 Å². The van der Waals surface area contributed by atoms with Crippen molar-refractivity contribution < 1.29 is 0 Å². The molecule has 0 amide bonds. The van der Waals surface area contributed by atoms with E-state index in [1.165, 1.54) is 57.9 Å². The summed E-state index contributed by atoms with van der Waals surface area (Å²) >= 11 is 0. The summed E-state index contributed by atoms with van der Waals surface area (Å²) in [5.41, 5.74) is 0. The average molecular weight is 252 g/mol. The molecule has 0 aromatic rings. The third kappa shape index (κ3) is 3.48. The highest BCUT2D eigenvalue weighted by Crippen LogP contribution is 2.37. The summed E-state index contributed by atoms with van der Waals surface area (Å²) < 4.78 is 0. The predicted octanol–water partition coefficient (Wildman–Crippen LogP) is 3.42. The van der Waals surface area contributed by atoms with E-state index < -0.39 is 0 Å². The van der Waals surface area contributed by atoms with E-state index in [1.54, 1.807) is 0 Å². The minimum absolute atomic E-state index is 0.775. The van der Waals surface area contributed by atoms with E-state index in [9.17, 15) is 0 Å². The van der Waals surface area contributed by atoms with E-state index in [0.29, 0.717) is 0 Å². The second-order valence-corrected chi connectivity index (χ2v) is 6.57. The van der Waals surface area contributed by atoms with Gasteiger partial charge in [0, 0.05) is 18.1 Å². The van der Waals surface area contributed by atoms with Gasteiger partial charge < -0.3 is 10.2 Å². The lowest BCUT2D eigenvalue weighted by Crippen LogP contribution is -2.44. The van der Waals surface area contributed by atoms with Crippen LogP contribution in [0.5, 0.6) is 0 Å². The SMILES string of the molecule is CCCC(CCC)NCC1C[C@H]2CC[C@H](C1)N2C. The first-order valence-corrected chi connectivity index (χ1v) is 8.19. The molecule has 2 bridgehead atoms. The molecule has 0 saturated carbocycles. The number of piperidine rings is 1. The van der Waals surface area contributed by atoms with Crippen LogP contribution in [0.1, 0.15) is 65.2 Å². The molecule has 2 fully saturated rings. The van der Waals surface area contributed by atoms with Crippen molar-refractivity contribution in [3.8, 4) is 0 Å². The zero-order valence-corrected chi connectivity index (χ0v) is 12.6. The van der Waals surface area contributed by atoms with E-state index in [4.69, 9.17) is 0 Å². The molecule has 18 heavy (non-hydrogen) atoms. The highest BCUT2D eigenvalue weighted by atomic mass is 15.2. The number of nitrogens with zero attached hydrogens (tertiary/aromatic N) is 1. The first-order valence-electron chi connectivity index (χ1n) is 8.19. The Labute approximate surface area is 114 Å². The van der Waals surface area contributed by atoms with Gasteiger partial charge in [0.05, 0.1) is 0 Å². The largest absolute Gasteiger partial charge is 0.314 e. The molecule has 1 N–H and O–H groups in total. The molecule has 2 rings (SSSR count). The highest BCUT2D eigenvalue weighted by Gasteiger charge is 2.38. The van der Waals surface area contributed by atoms with Crippen LogP contribution in [-0.4, -0.2) is 36.6 Å². The third-order valence-corrected chi connectivity index (χ3v) is 5.17. The number of hydrogen-bond donors (Lipinski definition) is 1. The van der Waals surface area contributed by atoms with E-state index in [2.05, 4.69) is 31.1 Å². The van der Waals surface area contributed by atoms with Gasteiger partial charge in [0.15, 0.2) is 0 Å². The van der Waals surface area contributed by atoms with Crippen LogP contribution in [0.15, 0.2) is 0 Å². The second-order valence-electron chi connectivity index (χ2n) is 6.57. The molecule has 2 aliphatic heterocycles. The summed E-state index contributed by atoms with van der Waals surface area (Å²) in [4.78, 5) is 2.64. The molecule has 0 aliphatic carbocycles. The van der Waals surface area contributed by atoms with Crippen LogP contribution >= 0.6 is 0 Å². The van der Waals surface area contributed by atoms with Crippen LogP contribution in [0.3, 0.4) is 0 Å². The molecular formula is C16H32N2. The number of nitrogens with one attached hydrogen (secondary N) is 1. The van der Waals surface area contributed by atoms with Crippen molar-refractivity contribution in [3.63, 3.8) is 0 Å². The Hall–Kier alpha value is -0.0800. The summed E-state index contributed by atoms with van der Waals surface area (Å²) in [5.74, 6) is 0.940. The Kier molecular flexibility index (Phi) is 5.50. The zero-order chi connectivity index (χ0) is 13.0. The van der Waals surface area contributed by atoms with E-state index in [-0.39, 0.29) is 0 Å². The monoisotopic (exact) mass is 252 g/mol. The lowest BCUT2D eigenvalue weighted by molar-refractivity contribution is 0.130. The molecule has 0 aromatic carbocycles. The number of hydrogen-bond acceptors (Lipinski definition) is 2. The van der Waals surface area contributed by atoms with Gasteiger partial charge in [0.25, 0.3) is 0 Å². The minimum atomic E-state index is 0.775. The fourth-order valence-corrected chi connectivity index (χ4v) is 4.07. The lowest BCUT2D eigenvalue weighted by Gasteiger charge is -2.37. The Morgan fingerprint density at radius 2 is 1.61 bits per heavy atom. The van der Waals surface area contributed by atoms with E-state index >= 15 is 0 Å². The maximum atomic E-state index is 3.86. The van der Waals surface area contributed by atoms with Crippen LogP contribution in [0.4, 0.5) is 0 Å². The summed E-state index contributed by atoms with van der Waals surface area (Å²) in [6.45, 7) is 5.88. The Balaban J connectivity index is 1.73. The summed E-state index contributed by atoms with van der Waals surface area (Å²) in [6, 6.07) is 2.56. The van der Waals surface area contributed by atoms with Crippen molar-refractivity contribution in [1.29, 1.82) is 0 Å². The third-order valence-electron chi connectivity index (χ3n) is 5.17. The maximum Gasteiger partial charge on any atom is 0.00988 e. The van der Waals surface area contributed by atoms with Crippen molar-refractivity contribution in [3.05, 3.63) is 0 Å². The van der Waals surface area contributed by atoms with Gasteiger partial charge in [-0.3, -0.25) is 0 Å². The van der Waals surface area contributed by atoms with Crippen LogP contribution in [0.25, 0.3) is 0 Å². The maximum absolute atomic E-state index is 3.86. The molecule has 2 heteroatoms. The number of rotatable bonds is 7. The molecular weight excluding hydrogens is 220 g/mol. The van der Waals surface area contributed by atoms with E-state index in [0.717, 1.165) is 24.0 Å². The average Bonchev–Trinajstić information content (AvgIpc) is 2.60. The second kappa shape index (κ2) is 6.91. The van der Waals surface area contributed by atoms with Crippen LogP contribution in [-0.2, 0) is 0 Å². The van der Waals surface area contributed by atoms with Gasteiger partial charge in [-0.05, 0) is 58.0 Å². The lowest BCUT2D eigenvalue weighted by atomic mass is 9.90. The topological polar surface area (TPSA) is 15.3 Å².